The van der Waals surface area contributed by atoms with Gasteiger partial charge in [0.15, 0.2) is 0 Å². The van der Waals surface area contributed by atoms with Gasteiger partial charge >= 0.3 is 0 Å². The summed E-state index contributed by atoms with van der Waals surface area (Å²) in [5.41, 5.74) is 0.440. The van der Waals surface area contributed by atoms with Gasteiger partial charge in [-0.2, -0.15) is 12.8 Å². The van der Waals surface area contributed by atoms with E-state index in [4.69, 9.17) is 5.11 Å². The minimum atomic E-state index is -3.46. The Morgan fingerprint density at radius 2 is 2.08 bits per heavy atom. The first-order valence-electron chi connectivity index (χ1n) is 3.23. The molecule has 1 aliphatic rings. The van der Waals surface area contributed by atoms with Crippen LogP contribution < -0.4 is 0 Å². The van der Waals surface area contributed by atoms with Gasteiger partial charge < -0.3 is 5.11 Å². The van der Waals surface area contributed by atoms with Crippen molar-refractivity contribution in [3.05, 3.63) is 23.8 Å². The Morgan fingerprint density at radius 3 is 2.83 bits per heavy atom. The summed E-state index contributed by atoms with van der Waals surface area (Å²) < 4.78 is 25.5. The Morgan fingerprint density at radius 1 is 1.33 bits per heavy atom. The quantitative estimate of drug-likeness (QED) is 0.637. The van der Waals surface area contributed by atoms with Crippen molar-refractivity contribution in [2.45, 2.75) is 4.90 Å². The number of fused-ring (bicyclic) bond motifs is 1. The molecular weight excluding hydrogens is 178 g/mol. The molecule has 0 bridgehead atoms. The molecule has 0 radical (unpaired) electrons. The molecule has 0 aromatic heterocycles. The topological polar surface area (TPSA) is 66.7 Å². The lowest BCUT2D eigenvalue weighted by Crippen LogP contribution is -1.92. The van der Waals surface area contributed by atoms with E-state index in [1.54, 1.807) is 0 Å². The molecule has 0 unspecified atom stereocenters. The van der Waals surface area contributed by atoms with E-state index < -0.39 is 10.0 Å². The molecular formula is C7H5NO3S. The molecule has 0 aliphatic carbocycles. The van der Waals surface area contributed by atoms with Crippen molar-refractivity contribution in [3.8, 4) is 5.75 Å². The molecule has 5 heteroatoms. The zero-order valence-electron chi connectivity index (χ0n) is 5.93. The first kappa shape index (κ1) is 7.30. The van der Waals surface area contributed by atoms with Crippen LogP contribution in [0.3, 0.4) is 0 Å². The molecule has 0 atom stereocenters. The number of phenols is 1. The van der Waals surface area contributed by atoms with Crippen molar-refractivity contribution in [3.63, 3.8) is 0 Å². The summed E-state index contributed by atoms with van der Waals surface area (Å²) in [5, 5.41) is 9.01. The van der Waals surface area contributed by atoms with Crippen LogP contribution in [0.4, 0.5) is 0 Å². The molecule has 0 saturated carbocycles. The highest BCUT2D eigenvalue weighted by molar-refractivity contribution is 7.90. The smallest absolute Gasteiger partial charge is 0.282 e. The van der Waals surface area contributed by atoms with Gasteiger partial charge in [0.05, 0.1) is 4.90 Å². The molecule has 0 spiro atoms. The van der Waals surface area contributed by atoms with Crippen LogP contribution in [-0.2, 0) is 10.0 Å². The zero-order valence-corrected chi connectivity index (χ0v) is 6.75. The lowest BCUT2D eigenvalue weighted by molar-refractivity contribution is 0.474. The monoisotopic (exact) mass is 183 g/mol. The van der Waals surface area contributed by atoms with Crippen LogP contribution in [0.1, 0.15) is 5.56 Å². The summed E-state index contributed by atoms with van der Waals surface area (Å²) in [7, 11) is -3.46. The van der Waals surface area contributed by atoms with Gasteiger partial charge in [-0.3, -0.25) is 0 Å². The zero-order chi connectivity index (χ0) is 8.77. The molecule has 1 aliphatic heterocycles. The summed E-state index contributed by atoms with van der Waals surface area (Å²) in [6.45, 7) is 0. The first-order valence-corrected chi connectivity index (χ1v) is 4.67. The third-order valence-electron chi connectivity index (χ3n) is 1.60. The lowest BCUT2D eigenvalue weighted by Gasteiger charge is -1.95. The van der Waals surface area contributed by atoms with Crippen molar-refractivity contribution in [1.82, 2.24) is 0 Å². The molecule has 1 aromatic rings. The molecule has 1 N–H and O–H groups in total. The van der Waals surface area contributed by atoms with Crippen LogP contribution >= 0.6 is 0 Å². The van der Waals surface area contributed by atoms with Crippen LogP contribution in [0, 0.1) is 0 Å². The second-order valence-corrected chi connectivity index (χ2v) is 4.03. The van der Waals surface area contributed by atoms with Gasteiger partial charge in [-0.25, -0.2) is 0 Å². The Hall–Kier alpha value is -1.36. The predicted molar refractivity (Wildman–Crippen MR) is 42.9 cm³/mol. The maximum atomic E-state index is 11.1. The maximum absolute atomic E-state index is 11.1. The average Bonchev–Trinajstić information content (AvgIpc) is 2.27. The molecule has 0 amide bonds. The Bertz CT molecular complexity index is 462. The van der Waals surface area contributed by atoms with E-state index in [9.17, 15) is 8.42 Å². The van der Waals surface area contributed by atoms with Gasteiger partial charge in [-0.05, 0) is 18.2 Å². The summed E-state index contributed by atoms with van der Waals surface area (Å²) >= 11 is 0. The van der Waals surface area contributed by atoms with Gasteiger partial charge in [-0.1, -0.05) is 0 Å². The minimum Gasteiger partial charge on any atom is -0.508 e. The normalized spacial score (nSPS) is 17.7. The molecule has 0 saturated heterocycles. The van der Waals surface area contributed by atoms with E-state index in [0.29, 0.717) is 5.56 Å². The van der Waals surface area contributed by atoms with Crippen molar-refractivity contribution >= 4 is 16.2 Å². The average molecular weight is 183 g/mol. The Labute approximate surface area is 69.2 Å². The van der Waals surface area contributed by atoms with E-state index in [2.05, 4.69) is 4.40 Å². The van der Waals surface area contributed by atoms with Gasteiger partial charge in [-0.15, -0.1) is 0 Å². The molecule has 62 valence electrons. The van der Waals surface area contributed by atoms with E-state index in [-0.39, 0.29) is 10.6 Å². The van der Waals surface area contributed by atoms with E-state index in [1.807, 2.05) is 0 Å². The van der Waals surface area contributed by atoms with Crippen LogP contribution in [-0.4, -0.2) is 19.7 Å². The SMILES string of the molecule is O=S1(=O)N=Cc2cc(O)ccc21. The molecule has 12 heavy (non-hydrogen) atoms. The molecule has 2 rings (SSSR count). The molecule has 0 fully saturated rings. The number of benzene rings is 1. The molecule has 4 nitrogen and oxygen atoms in total. The number of nitrogens with zero attached hydrogens (tertiary/aromatic N) is 1. The van der Waals surface area contributed by atoms with E-state index >= 15 is 0 Å². The van der Waals surface area contributed by atoms with Gasteiger partial charge in [0.1, 0.15) is 5.75 Å². The van der Waals surface area contributed by atoms with Crippen LogP contribution in [0.2, 0.25) is 0 Å². The van der Waals surface area contributed by atoms with Gasteiger partial charge in [0.25, 0.3) is 10.0 Å². The fraction of sp³-hybridized carbons (Fsp3) is 0. The number of hydrogen-bond donors (Lipinski definition) is 1. The first-order chi connectivity index (χ1) is 5.59. The van der Waals surface area contributed by atoms with Gasteiger partial charge in [0, 0.05) is 11.8 Å². The summed E-state index contributed by atoms with van der Waals surface area (Å²) in [4.78, 5) is 0.153. The number of rotatable bonds is 0. The van der Waals surface area contributed by atoms with Gasteiger partial charge in [0.2, 0.25) is 0 Å². The van der Waals surface area contributed by atoms with Crippen molar-refractivity contribution in [2.75, 3.05) is 0 Å². The van der Waals surface area contributed by atoms with Crippen molar-refractivity contribution < 1.29 is 13.5 Å². The second kappa shape index (κ2) is 2.07. The van der Waals surface area contributed by atoms with Crippen molar-refractivity contribution in [2.24, 2.45) is 4.40 Å². The fourth-order valence-corrected chi connectivity index (χ4v) is 2.07. The lowest BCUT2D eigenvalue weighted by atomic mass is 10.2. The number of phenolic OH excluding ortho intramolecular Hbond substituents is 1. The van der Waals surface area contributed by atoms with Crippen LogP contribution in [0.5, 0.6) is 5.75 Å². The predicted octanol–water partition coefficient (Wildman–Crippen LogP) is 0.513. The standard InChI is InChI=1S/C7H5NO3S/c9-6-1-2-7-5(3-6)4-8-12(7,10)11/h1-4,9H. The van der Waals surface area contributed by atoms with E-state index in [0.717, 1.165) is 0 Å². The summed E-state index contributed by atoms with van der Waals surface area (Å²) in [6.07, 6.45) is 1.23. The van der Waals surface area contributed by atoms with Crippen LogP contribution in [0.15, 0.2) is 27.5 Å². The third kappa shape index (κ3) is 0.902. The highest BCUT2D eigenvalue weighted by Crippen LogP contribution is 2.25. The number of hydrogen-bond acceptors (Lipinski definition) is 3. The third-order valence-corrected chi connectivity index (χ3v) is 2.91. The summed E-state index contributed by atoms with van der Waals surface area (Å²) in [6, 6.07) is 4.03. The number of sulfonamides is 1. The Kier molecular flexibility index (Phi) is 1.26. The molecule has 1 heterocycles. The van der Waals surface area contributed by atoms with E-state index in [1.165, 1.54) is 24.4 Å². The summed E-state index contributed by atoms with van der Waals surface area (Å²) in [5.74, 6) is 0.0392. The Balaban J connectivity index is 2.78. The fourth-order valence-electron chi connectivity index (χ4n) is 1.05. The van der Waals surface area contributed by atoms with Crippen molar-refractivity contribution in [1.29, 1.82) is 0 Å². The molecule has 1 aromatic carbocycles. The highest BCUT2D eigenvalue weighted by Gasteiger charge is 2.21. The van der Waals surface area contributed by atoms with Crippen LogP contribution in [0.25, 0.3) is 0 Å². The second-order valence-electron chi connectivity index (χ2n) is 2.43. The highest BCUT2D eigenvalue weighted by atomic mass is 32.2. The maximum Gasteiger partial charge on any atom is 0.282 e. The number of aromatic hydroxyl groups is 1. The minimum absolute atomic E-state index is 0.0392. The largest absolute Gasteiger partial charge is 0.508 e.